The van der Waals surface area contributed by atoms with Gasteiger partial charge in [-0.25, -0.2) is 0 Å². The second-order valence-electron chi connectivity index (χ2n) is 5.49. The van der Waals surface area contributed by atoms with E-state index in [1.54, 1.807) is 26.3 Å². The molecule has 0 radical (unpaired) electrons. The Labute approximate surface area is 138 Å². The number of carbonyl (C=O) groups is 1. The van der Waals surface area contributed by atoms with Gasteiger partial charge < -0.3 is 9.64 Å². The van der Waals surface area contributed by atoms with Crippen molar-refractivity contribution >= 4 is 5.91 Å². The van der Waals surface area contributed by atoms with Crippen molar-refractivity contribution in [3.63, 3.8) is 0 Å². The van der Waals surface area contributed by atoms with Crippen LogP contribution in [0.5, 0.6) is 0 Å². The Hall–Kier alpha value is -2.34. The fraction of sp³-hybridized carbons (Fsp3) is 0.278. The van der Waals surface area contributed by atoms with E-state index in [0.29, 0.717) is 17.7 Å². The first-order chi connectivity index (χ1) is 11.3. The SMILES string of the molecule is COCc1ccc(C(=O)N(C)Cc2ccc(C(F)(F)F)cc2)cc1. The molecule has 0 aromatic heterocycles. The van der Waals surface area contributed by atoms with Crippen molar-refractivity contribution in [2.45, 2.75) is 19.3 Å². The second kappa shape index (κ2) is 7.49. The zero-order valence-corrected chi connectivity index (χ0v) is 13.4. The molecule has 0 spiro atoms. The van der Waals surface area contributed by atoms with Crippen LogP contribution in [0.2, 0.25) is 0 Å². The predicted molar refractivity (Wildman–Crippen MR) is 84.4 cm³/mol. The number of carbonyl (C=O) groups excluding carboxylic acids is 1. The standard InChI is InChI=1S/C18H18F3NO2/c1-22(11-13-5-9-16(10-6-13)18(19,20)21)17(23)15-7-3-14(4-8-15)12-24-2/h3-10H,11-12H2,1-2H3. The van der Waals surface area contributed by atoms with E-state index in [0.717, 1.165) is 17.7 Å². The van der Waals surface area contributed by atoms with Crippen LogP contribution in [0.1, 0.15) is 27.0 Å². The Morgan fingerprint density at radius 3 is 2.04 bits per heavy atom. The van der Waals surface area contributed by atoms with Crippen LogP contribution in [0, 0.1) is 0 Å². The molecule has 2 rings (SSSR count). The smallest absolute Gasteiger partial charge is 0.380 e. The molecule has 0 unspecified atom stereocenters. The van der Waals surface area contributed by atoms with Gasteiger partial charge in [0.2, 0.25) is 0 Å². The van der Waals surface area contributed by atoms with Crippen LogP contribution in [-0.4, -0.2) is 25.0 Å². The molecule has 24 heavy (non-hydrogen) atoms. The maximum atomic E-state index is 12.5. The third kappa shape index (κ3) is 4.58. The molecule has 128 valence electrons. The Bertz CT molecular complexity index is 679. The molecule has 3 nitrogen and oxygen atoms in total. The lowest BCUT2D eigenvalue weighted by atomic mass is 10.1. The van der Waals surface area contributed by atoms with Gasteiger partial charge >= 0.3 is 6.18 Å². The number of rotatable bonds is 5. The minimum Gasteiger partial charge on any atom is -0.380 e. The van der Waals surface area contributed by atoms with Crippen molar-refractivity contribution in [1.82, 2.24) is 4.90 Å². The number of ether oxygens (including phenoxy) is 1. The van der Waals surface area contributed by atoms with Gasteiger partial charge in [-0.1, -0.05) is 24.3 Å². The van der Waals surface area contributed by atoms with Gasteiger partial charge in [-0.2, -0.15) is 13.2 Å². The fourth-order valence-electron chi connectivity index (χ4n) is 2.28. The molecule has 0 aliphatic carbocycles. The number of halogens is 3. The molecule has 2 aromatic rings. The lowest BCUT2D eigenvalue weighted by Crippen LogP contribution is -2.26. The van der Waals surface area contributed by atoms with Crippen molar-refractivity contribution in [3.8, 4) is 0 Å². The Kier molecular flexibility index (Phi) is 5.62. The number of hydrogen-bond acceptors (Lipinski definition) is 2. The number of nitrogens with zero attached hydrogens (tertiary/aromatic N) is 1. The fourth-order valence-corrected chi connectivity index (χ4v) is 2.28. The van der Waals surface area contributed by atoms with Gasteiger partial charge in [0.25, 0.3) is 5.91 Å². The number of methoxy groups -OCH3 is 1. The molecule has 0 saturated heterocycles. The summed E-state index contributed by atoms with van der Waals surface area (Å²) >= 11 is 0. The van der Waals surface area contributed by atoms with E-state index in [1.807, 2.05) is 12.1 Å². The maximum Gasteiger partial charge on any atom is 0.416 e. The largest absolute Gasteiger partial charge is 0.416 e. The first kappa shape index (κ1) is 18.0. The molecule has 0 aliphatic rings. The lowest BCUT2D eigenvalue weighted by molar-refractivity contribution is -0.137. The van der Waals surface area contributed by atoms with E-state index in [4.69, 9.17) is 4.74 Å². The maximum absolute atomic E-state index is 12.5. The van der Waals surface area contributed by atoms with Gasteiger partial charge in [-0.05, 0) is 35.4 Å². The van der Waals surface area contributed by atoms with Crippen molar-refractivity contribution in [3.05, 3.63) is 70.8 Å². The topological polar surface area (TPSA) is 29.5 Å². The van der Waals surface area contributed by atoms with Crippen LogP contribution in [0.3, 0.4) is 0 Å². The zero-order valence-electron chi connectivity index (χ0n) is 13.4. The summed E-state index contributed by atoms with van der Waals surface area (Å²) in [6, 6.07) is 11.8. The van der Waals surface area contributed by atoms with Crippen molar-refractivity contribution in [1.29, 1.82) is 0 Å². The van der Waals surface area contributed by atoms with E-state index in [2.05, 4.69) is 0 Å². The minimum absolute atomic E-state index is 0.195. The Balaban J connectivity index is 2.03. The van der Waals surface area contributed by atoms with Crippen molar-refractivity contribution in [2.24, 2.45) is 0 Å². The van der Waals surface area contributed by atoms with Gasteiger partial charge in [0.15, 0.2) is 0 Å². The van der Waals surface area contributed by atoms with Crippen LogP contribution in [0.25, 0.3) is 0 Å². The highest BCUT2D eigenvalue weighted by Gasteiger charge is 2.30. The quantitative estimate of drug-likeness (QED) is 0.821. The summed E-state index contributed by atoms with van der Waals surface area (Å²) in [7, 11) is 3.21. The third-order valence-corrected chi connectivity index (χ3v) is 3.56. The van der Waals surface area contributed by atoms with Crippen molar-refractivity contribution < 1.29 is 22.7 Å². The molecule has 2 aromatic carbocycles. The van der Waals surface area contributed by atoms with Crippen LogP contribution < -0.4 is 0 Å². The normalized spacial score (nSPS) is 11.4. The van der Waals surface area contributed by atoms with E-state index < -0.39 is 11.7 Å². The summed E-state index contributed by atoms with van der Waals surface area (Å²) in [5.74, 6) is -0.195. The van der Waals surface area contributed by atoms with Crippen molar-refractivity contribution in [2.75, 3.05) is 14.2 Å². The summed E-state index contributed by atoms with van der Waals surface area (Å²) < 4.78 is 42.6. The zero-order chi connectivity index (χ0) is 17.7. The van der Waals surface area contributed by atoms with Gasteiger partial charge in [0, 0.05) is 26.3 Å². The van der Waals surface area contributed by atoms with E-state index in [-0.39, 0.29) is 12.5 Å². The molecule has 0 atom stereocenters. The van der Waals surface area contributed by atoms with Crippen LogP contribution in [0.15, 0.2) is 48.5 Å². The monoisotopic (exact) mass is 337 g/mol. The molecule has 0 bridgehead atoms. The second-order valence-corrected chi connectivity index (χ2v) is 5.49. The van der Waals surface area contributed by atoms with Gasteiger partial charge in [0.1, 0.15) is 0 Å². The molecule has 0 N–H and O–H groups in total. The Morgan fingerprint density at radius 1 is 1.00 bits per heavy atom. The van der Waals surface area contributed by atoms with Gasteiger partial charge in [0.05, 0.1) is 12.2 Å². The highest BCUT2D eigenvalue weighted by Crippen LogP contribution is 2.29. The highest BCUT2D eigenvalue weighted by atomic mass is 19.4. The Morgan fingerprint density at radius 2 is 1.54 bits per heavy atom. The molecule has 0 saturated carbocycles. The molecule has 1 amide bonds. The van der Waals surface area contributed by atoms with Gasteiger partial charge in [-0.15, -0.1) is 0 Å². The summed E-state index contributed by atoms with van der Waals surface area (Å²) in [5.41, 5.74) is 1.41. The third-order valence-electron chi connectivity index (χ3n) is 3.56. The van der Waals surface area contributed by atoms with Crippen LogP contribution >= 0.6 is 0 Å². The predicted octanol–water partition coefficient (Wildman–Crippen LogP) is 4.12. The number of hydrogen-bond donors (Lipinski definition) is 0. The van der Waals surface area contributed by atoms with Crippen LogP contribution in [0.4, 0.5) is 13.2 Å². The summed E-state index contributed by atoms with van der Waals surface area (Å²) in [4.78, 5) is 13.8. The average Bonchev–Trinajstić information content (AvgIpc) is 2.55. The summed E-state index contributed by atoms with van der Waals surface area (Å²) in [6.07, 6.45) is -4.36. The molecule has 0 heterocycles. The van der Waals surface area contributed by atoms with Gasteiger partial charge in [-0.3, -0.25) is 4.79 Å². The molecule has 0 aliphatic heterocycles. The van der Waals surface area contributed by atoms with Crippen LogP contribution in [-0.2, 0) is 24.1 Å². The van der Waals surface area contributed by atoms with E-state index in [1.165, 1.54) is 17.0 Å². The molecule has 0 fully saturated rings. The first-order valence-electron chi connectivity index (χ1n) is 7.30. The van der Waals surface area contributed by atoms with E-state index in [9.17, 15) is 18.0 Å². The number of benzene rings is 2. The number of alkyl halides is 3. The molecule has 6 heteroatoms. The number of amides is 1. The lowest BCUT2D eigenvalue weighted by Gasteiger charge is -2.18. The minimum atomic E-state index is -4.36. The first-order valence-corrected chi connectivity index (χ1v) is 7.30. The summed E-state index contributed by atoms with van der Waals surface area (Å²) in [5, 5.41) is 0. The molecular weight excluding hydrogens is 319 g/mol. The average molecular weight is 337 g/mol. The highest BCUT2D eigenvalue weighted by molar-refractivity contribution is 5.94. The van der Waals surface area contributed by atoms with E-state index >= 15 is 0 Å². The molecular formula is C18H18F3NO2. The summed E-state index contributed by atoms with van der Waals surface area (Å²) in [6.45, 7) is 0.701.